The summed E-state index contributed by atoms with van der Waals surface area (Å²) in [7, 11) is 1.65. The molecule has 4 heterocycles. The van der Waals surface area contributed by atoms with Gasteiger partial charge in [0.1, 0.15) is 5.69 Å². The minimum absolute atomic E-state index is 0.0112. The van der Waals surface area contributed by atoms with E-state index in [1.807, 2.05) is 41.2 Å². The van der Waals surface area contributed by atoms with Gasteiger partial charge in [-0.25, -0.2) is 0 Å². The van der Waals surface area contributed by atoms with E-state index in [2.05, 4.69) is 10.1 Å². The number of carbonyl (C=O) groups is 1. The van der Waals surface area contributed by atoms with Crippen molar-refractivity contribution in [3.05, 3.63) is 48.0 Å². The first-order valence-corrected chi connectivity index (χ1v) is 10.1. The second kappa shape index (κ2) is 8.00. The number of amides is 1. The van der Waals surface area contributed by atoms with Crippen molar-refractivity contribution in [3.63, 3.8) is 0 Å². The van der Waals surface area contributed by atoms with Crippen LogP contribution < -0.4 is 0 Å². The van der Waals surface area contributed by atoms with Crippen molar-refractivity contribution in [2.24, 2.45) is 0 Å². The zero-order valence-corrected chi connectivity index (χ0v) is 16.2. The molecule has 2 aromatic rings. The molecule has 7 nitrogen and oxygen atoms in total. The third-order valence-corrected chi connectivity index (χ3v) is 6.59. The van der Waals surface area contributed by atoms with E-state index in [4.69, 9.17) is 9.47 Å². The Morgan fingerprint density at radius 3 is 3.07 bits per heavy atom. The summed E-state index contributed by atoms with van der Waals surface area (Å²) in [6.45, 7) is 3.37. The predicted molar refractivity (Wildman–Crippen MR) is 103 cm³/mol. The predicted octanol–water partition coefficient (Wildman–Crippen LogP) is 1.84. The van der Waals surface area contributed by atoms with Crippen LogP contribution in [-0.4, -0.2) is 69.0 Å². The van der Waals surface area contributed by atoms with E-state index in [0.717, 1.165) is 30.8 Å². The lowest BCUT2D eigenvalue weighted by Gasteiger charge is -2.47. The molecule has 1 amide bonds. The lowest BCUT2D eigenvalue weighted by Crippen LogP contribution is -2.60. The van der Waals surface area contributed by atoms with E-state index in [-0.39, 0.29) is 16.8 Å². The molecule has 1 atom stereocenters. The Kier molecular flexibility index (Phi) is 5.47. The first-order valence-electron chi connectivity index (χ1n) is 9.14. The molecule has 4 rings (SSSR count). The number of thioether (sulfide) groups is 1. The maximum Gasteiger partial charge on any atom is 0.274 e. The van der Waals surface area contributed by atoms with Crippen molar-refractivity contribution in [3.8, 4) is 0 Å². The monoisotopic (exact) mass is 388 g/mol. The maximum atomic E-state index is 12.6. The molecule has 0 bridgehead atoms. The summed E-state index contributed by atoms with van der Waals surface area (Å²) in [5.74, 6) is 0.991. The van der Waals surface area contributed by atoms with Gasteiger partial charge in [-0.3, -0.25) is 14.5 Å². The fourth-order valence-corrected chi connectivity index (χ4v) is 5.12. The normalized spacial score (nSPS) is 20.8. The van der Waals surface area contributed by atoms with Crippen LogP contribution in [0.15, 0.2) is 36.8 Å². The largest absolute Gasteiger partial charge is 0.383 e. The Balaban J connectivity index is 1.25. The number of aromatic nitrogens is 3. The highest BCUT2D eigenvalue weighted by atomic mass is 32.2. The molecule has 2 aliphatic heterocycles. The number of pyridine rings is 1. The van der Waals surface area contributed by atoms with Gasteiger partial charge in [0.05, 0.1) is 30.6 Å². The van der Waals surface area contributed by atoms with Crippen LogP contribution >= 0.6 is 11.8 Å². The lowest BCUT2D eigenvalue weighted by molar-refractivity contribution is 0.0252. The molecule has 2 aromatic heterocycles. The molecule has 0 N–H and O–H groups in total. The third-order valence-electron chi connectivity index (χ3n) is 5.01. The third kappa shape index (κ3) is 4.17. The molecule has 144 valence electrons. The smallest absolute Gasteiger partial charge is 0.274 e. The van der Waals surface area contributed by atoms with E-state index in [1.165, 1.54) is 0 Å². The van der Waals surface area contributed by atoms with Crippen molar-refractivity contribution < 1.29 is 14.3 Å². The summed E-state index contributed by atoms with van der Waals surface area (Å²) in [4.78, 5) is 18.6. The zero-order chi connectivity index (χ0) is 18.7. The Labute approximate surface area is 163 Å². The summed E-state index contributed by atoms with van der Waals surface area (Å²) in [5, 5.41) is 4.35. The lowest BCUT2D eigenvalue weighted by atomic mass is 9.92. The summed E-state index contributed by atoms with van der Waals surface area (Å²) in [6, 6.07) is 5.74. The number of nitrogens with zero attached hydrogens (tertiary/aromatic N) is 4. The number of ether oxygens (including phenoxy) is 2. The van der Waals surface area contributed by atoms with Gasteiger partial charge in [-0.15, -0.1) is 11.8 Å². The first-order chi connectivity index (χ1) is 13.2. The molecule has 27 heavy (non-hydrogen) atoms. The summed E-state index contributed by atoms with van der Waals surface area (Å²) < 4.78 is 13.0. The zero-order valence-electron chi connectivity index (χ0n) is 15.4. The van der Waals surface area contributed by atoms with Crippen molar-refractivity contribution in [2.75, 3.05) is 32.6 Å². The fourth-order valence-electron chi connectivity index (χ4n) is 3.57. The Bertz CT molecular complexity index is 776. The van der Waals surface area contributed by atoms with Crippen molar-refractivity contribution >= 4 is 17.7 Å². The SMILES string of the molecule is COCCn1ccc(C(=O)N2CC3(C[C@H](OCc4cccnc4)CS3)C2)n1. The minimum Gasteiger partial charge on any atom is -0.383 e. The first kappa shape index (κ1) is 18.5. The van der Waals surface area contributed by atoms with Crippen LogP contribution in [0.3, 0.4) is 0 Å². The Hall–Kier alpha value is -1.90. The highest BCUT2D eigenvalue weighted by molar-refractivity contribution is 8.01. The van der Waals surface area contributed by atoms with Crippen LogP contribution in [-0.2, 0) is 22.6 Å². The van der Waals surface area contributed by atoms with Gasteiger partial charge in [0.25, 0.3) is 5.91 Å². The fraction of sp³-hybridized carbons (Fsp3) is 0.526. The quantitative estimate of drug-likeness (QED) is 0.721. The Morgan fingerprint density at radius 2 is 2.30 bits per heavy atom. The van der Waals surface area contributed by atoms with Gasteiger partial charge in [-0.05, 0) is 24.1 Å². The van der Waals surface area contributed by atoms with Gasteiger partial charge in [-0.2, -0.15) is 5.10 Å². The number of hydrogen-bond donors (Lipinski definition) is 0. The van der Waals surface area contributed by atoms with E-state index in [0.29, 0.717) is 25.5 Å². The van der Waals surface area contributed by atoms with Gasteiger partial charge in [-0.1, -0.05) is 6.07 Å². The molecule has 0 radical (unpaired) electrons. The van der Waals surface area contributed by atoms with E-state index in [1.54, 1.807) is 24.1 Å². The average Bonchev–Trinajstić information content (AvgIpc) is 3.31. The van der Waals surface area contributed by atoms with E-state index >= 15 is 0 Å². The van der Waals surface area contributed by atoms with Crippen molar-refractivity contribution in [2.45, 2.75) is 30.4 Å². The summed E-state index contributed by atoms with van der Waals surface area (Å²) in [6.07, 6.45) is 6.66. The maximum absolute atomic E-state index is 12.6. The van der Waals surface area contributed by atoms with Crippen LogP contribution in [0.25, 0.3) is 0 Å². The summed E-state index contributed by atoms with van der Waals surface area (Å²) in [5.41, 5.74) is 1.60. The summed E-state index contributed by atoms with van der Waals surface area (Å²) >= 11 is 1.93. The molecule has 0 saturated carbocycles. The van der Waals surface area contributed by atoms with Gasteiger partial charge < -0.3 is 14.4 Å². The molecular weight excluding hydrogens is 364 g/mol. The van der Waals surface area contributed by atoms with Gasteiger partial charge in [0.15, 0.2) is 0 Å². The van der Waals surface area contributed by atoms with Crippen molar-refractivity contribution in [1.29, 1.82) is 0 Å². The van der Waals surface area contributed by atoms with Gasteiger partial charge in [0, 0.05) is 44.5 Å². The van der Waals surface area contributed by atoms with Crippen molar-refractivity contribution in [1.82, 2.24) is 19.7 Å². The number of carbonyl (C=O) groups excluding carboxylic acids is 1. The second-order valence-electron chi connectivity index (χ2n) is 7.11. The van der Waals surface area contributed by atoms with Crippen LogP contribution in [0.2, 0.25) is 0 Å². The van der Waals surface area contributed by atoms with Crippen LogP contribution in [0.5, 0.6) is 0 Å². The molecule has 8 heteroatoms. The second-order valence-corrected chi connectivity index (χ2v) is 8.60. The standard InChI is InChI=1S/C19H24N4O3S/c1-25-8-7-23-6-4-17(21-23)18(24)22-13-19(14-22)9-16(12-27-19)26-11-15-3-2-5-20-10-15/h2-6,10,16H,7-9,11-14H2,1H3/t16-/m0/s1. The van der Waals surface area contributed by atoms with Crippen LogP contribution in [0.1, 0.15) is 22.5 Å². The molecule has 2 saturated heterocycles. The number of likely N-dealkylation sites (tertiary alicyclic amines) is 1. The molecular formula is C19H24N4O3S. The molecule has 1 spiro atoms. The number of rotatable bonds is 7. The molecule has 0 aromatic carbocycles. The average molecular weight is 388 g/mol. The molecule has 2 fully saturated rings. The molecule has 0 aliphatic carbocycles. The minimum atomic E-state index is 0.0112. The number of hydrogen-bond acceptors (Lipinski definition) is 6. The van der Waals surface area contributed by atoms with Crippen LogP contribution in [0.4, 0.5) is 0 Å². The molecule has 2 aliphatic rings. The Morgan fingerprint density at radius 1 is 1.41 bits per heavy atom. The topological polar surface area (TPSA) is 69.5 Å². The van der Waals surface area contributed by atoms with Crippen LogP contribution in [0, 0.1) is 0 Å². The van der Waals surface area contributed by atoms with Gasteiger partial charge in [0.2, 0.25) is 0 Å². The van der Waals surface area contributed by atoms with Gasteiger partial charge >= 0.3 is 0 Å². The number of methoxy groups -OCH3 is 1. The van der Waals surface area contributed by atoms with E-state index in [9.17, 15) is 4.79 Å². The highest BCUT2D eigenvalue weighted by Gasteiger charge is 2.51. The molecule has 0 unspecified atom stereocenters. The highest BCUT2D eigenvalue weighted by Crippen LogP contribution is 2.46. The van der Waals surface area contributed by atoms with E-state index < -0.39 is 0 Å².